The molecule has 11 heavy (non-hydrogen) atoms. The van der Waals surface area contributed by atoms with Gasteiger partial charge >= 0.3 is 0 Å². The van der Waals surface area contributed by atoms with Crippen molar-refractivity contribution in [2.24, 2.45) is 0 Å². The molecule has 0 saturated carbocycles. The van der Waals surface area contributed by atoms with Gasteiger partial charge < -0.3 is 4.98 Å². The SMILES string of the molecule is Sc1cc2cc(Cl)ccc2[nH]1. The molecular formula is C8H6ClNS. The van der Waals surface area contributed by atoms with Crippen LogP contribution in [0.25, 0.3) is 10.9 Å². The van der Waals surface area contributed by atoms with E-state index in [4.69, 9.17) is 11.6 Å². The molecule has 0 atom stereocenters. The summed E-state index contributed by atoms with van der Waals surface area (Å²) in [5.74, 6) is 0. The number of fused-ring (bicyclic) bond motifs is 1. The Balaban J connectivity index is 2.82. The molecule has 0 saturated heterocycles. The third-order valence-electron chi connectivity index (χ3n) is 1.57. The van der Waals surface area contributed by atoms with Crippen molar-refractivity contribution < 1.29 is 0 Å². The normalized spacial score (nSPS) is 10.7. The molecule has 0 amide bonds. The van der Waals surface area contributed by atoms with E-state index in [0.29, 0.717) is 0 Å². The first-order valence-corrected chi connectivity index (χ1v) is 4.05. The van der Waals surface area contributed by atoms with Crippen LogP contribution in [0.3, 0.4) is 0 Å². The predicted molar refractivity (Wildman–Crippen MR) is 50.6 cm³/mol. The van der Waals surface area contributed by atoms with Crippen molar-refractivity contribution in [1.82, 2.24) is 4.98 Å². The van der Waals surface area contributed by atoms with E-state index in [1.807, 2.05) is 24.3 Å². The average molecular weight is 184 g/mol. The molecule has 1 N–H and O–H groups in total. The van der Waals surface area contributed by atoms with Gasteiger partial charge in [-0.3, -0.25) is 0 Å². The highest BCUT2D eigenvalue weighted by molar-refractivity contribution is 7.80. The van der Waals surface area contributed by atoms with Gasteiger partial charge in [-0.2, -0.15) is 0 Å². The van der Waals surface area contributed by atoms with Crippen molar-refractivity contribution in [1.29, 1.82) is 0 Å². The lowest BCUT2D eigenvalue weighted by atomic mass is 10.2. The Morgan fingerprint density at radius 2 is 2.09 bits per heavy atom. The van der Waals surface area contributed by atoms with E-state index in [9.17, 15) is 0 Å². The van der Waals surface area contributed by atoms with E-state index in [1.165, 1.54) is 0 Å². The largest absolute Gasteiger partial charge is 0.350 e. The number of aromatic amines is 1. The summed E-state index contributed by atoms with van der Waals surface area (Å²) in [7, 11) is 0. The van der Waals surface area contributed by atoms with Crippen molar-refractivity contribution in [3.8, 4) is 0 Å². The highest BCUT2D eigenvalue weighted by Gasteiger charge is 1.96. The van der Waals surface area contributed by atoms with E-state index in [2.05, 4.69) is 17.6 Å². The Hall–Kier alpha value is -0.600. The maximum Gasteiger partial charge on any atom is 0.0701 e. The number of aromatic nitrogens is 1. The van der Waals surface area contributed by atoms with Gasteiger partial charge in [-0.25, -0.2) is 0 Å². The fourth-order valence-electron chi connectivity index (χ4n) is 1.09. The zero-order valence-electron chi connectivity index (χ0n) is 5.63. The Morgan fingerprint density at radius 3 is 2.91 bits per heavy atom. The van der Waals surface area contributed by atoms with Crippen LogP contribution in [0.1, 0.15) is 0 Å². The molecule has 1 nitrogen and oxygen atoms in total. The number of halogens is 1. The van der Waals surface area contributed by atoms with E-state index in [0.717, 1.165) is 21.0 Å². The number of rotatable bonds is 0. The first kappa shape index (κ1) is 7.07. The van der Waals surface area contributed by atoms with Crippen LogP contribution in [-0.4, -0.2) is 4.98 Å². The first-order chi connectivity index (χ1) is 5.25. The van der Waals surface area contributed by atoms with Gasteiger partial charge in [-0.1, -0.05) is 11.6 Å². The third-order valence-corrected chi connectivity index (χ3v) is 2.04. The monoisotopic (exact) mass is 183 g/mol. The van der Waals surface area contributed by atoms with Crippen LogP contribution in [0.2, 0.25) is 5.02 Å². The van der Waals surface area contributed by atoms with Crippen LogP contribution in [0.4, 0.5) is 0 Å². The molecule has 3 heteroatoms. The molecule has 0 fully saturated rings. The topological polar surface area (TPSA) is 15.8 Å². The molecular weight excluding hydrogens is 178 g/mol. The minimum Gasteiger partial charge on any atom is -0.350 e. The third kappa shape index (κ3) is 1.24. The summed E-state index contributed by atoms with van der Waals surface area (Å²) in [4.78, 5) is 3.09. The van der Waals surface area contributed by atoms with Crippen LogP contribution in [-0.2, 0) is 0 Å². The van der Waals surface area contributed by atoms with Crippen LogP contribution in [0.15, 0.2) is 29.3 Å². The second-order valence-corrected chi connectivity index (χ2v) is 3.30. The smallest absolute Gasteiger partial charge is 0.0701 e. The molecule has 0 aliphatic carbocycles. The van der Waals surface area contributed by atoms with Crippen molar-refractivity contribution in [3.63, 3.8) is 0 Å². The predicted octanol–water partition coefficient (Wildman–Crippen LogP) is 3.11. The summed E-state index contributed by atoms with van der Waals surface area (Å²) in [5, 5.41) is 2.72. The number of hydrogen-bond donors (Lipinski definition) is 2. The van der Waals surface area contributed by atoms with Crippen molar-refractivity contribution >= 4 is 35.1 Å². The lowest BCUT2D eigenvalue weighted by molar-refractivity contribution is 1.25. The lowest BCUT2D eigenvalue weighted by Crippen LogP contribution is -1.66. The molecule has 0 spiro atoms. The molecule has 2 aromatic rings. The molecule has 1 aromatic carbocycles. The molecule has 2 rings (SSSR count). The minimum atomic E-state index is 0.754. The van der Waals surface area contributed by atoms with E-state index in [1.54, 1.807) is 0 Å². The number of nitrogens with one attached hydrogen (secondary N) is 1. The number of thiol groups is 1. The maximum absolute atomic E-state index is 5.79. The van der Waals surface area contributed by atoms with E-state index in [-0.39, 0.29) is 0 Å². The molecule has 1 heterocycles. The maximum atomic E-state index is 5.79. The van der Waals surface area contributed by atoms with Gasteiger partial charge in [0.25, 0.3) is 0 Å². The Bertz CT molecular complexity index is 394. The fourth-order valence-corrected chi connectivity index (χ4v) is 1.53. The van der Waals surface area contributed by atoms with E-state index >= 15 is 0 Å². The Kier molecular flexibility index (Phi) is 1.59. The molecule has 0 unspecified atom stereocenters. The van der Waals surface area contributed by atoms with Crippen LogP contribution < -0.4 is 0 Å². The molecule has 0 radical (unpaired) electrons. The lowest BCUT2D eigenvalue weighted by Gasteiger charge is -1.88. The number of benzene rings is 1. The van der Waals surface area contributed by atoms with Crippen molar-refractivity contribution in [2.75, 3.05) is 0 Å². The van der Waals surface area contributed by atoms with Crippen molar-refractivity contribution in [2.45, 2.75) is 5.03 Å². The second kappa shape index (κ2) is 2.47. The summed E-state index contributed by atoms with van der Waals surface area (Å²) in [6.07, 6.45) is 0. The molecule has 56 valence electrons. The fraction of sp³-hybridized carbons (Fsp3) is 0. The molecule has 1 aromatic heterocycles. The molecule has 0 aliphatic heterocycles. The molecule has 0 aliphatic rings. The van der Waals surface area contributed by atoms with Gasteiger partial charge in [0.1, 0.15) is 0 Å². The van der Waals surface area contributed by atoms with E-state index < -0.39 is 0 Å². The van der Waals surface area contributed by atoms with Gasteiger partial charge in [-0.15, -0.1) is 12.6 Å². The molecule has 0 bridgehead atoms. The second-order valence-electron chi connectivity index (χ2n) is 2.39. The van der Waals surface area contributed by atoms with Crippen molar-refractivity contribution in [3.05, 3.63) is 29.3 Å². The summed E-state index contributed by atoms with van der Waals surface area (Å²) in [6, 6.07) is 7.66. The Labute approximate surface area is 74.8 Å². The summed E-state index contributed by atoms with van der Waals surface area (Å²) < 4.78 is 0. The number of hydrogen-bond acceptors (Lipinski definition) is 1. The van der Waals surface area contributed by atoms with Gasteiger partial charge in [0.15, 0.2) is 0 Å². The van der Waals surface area contributed by atoms with Gasteiger partial charge in [0.05, 0.1) is 5.03 Å². The minimum absolute atomic E-state index is 0.754. The van der Waals surface area contributed by atoms with Crippen LogP contribution >= 0.6 is 24.2 Å². The zero-order chi connectivity index (χ0) is 7.84. The van der Waals surface area contributed by atoms with Gasteiger partial charge in [0, 0.05) is 15.9 Å². The highest BCUT2D eigenvalue weighted by Crippen LogP contribution is 2.21. The highest BCUT2D eigenvalue weighted by atomic mass is 35.5. The van der Waals surface area contributed by atoms with Crippen LogP contribution in [0.5, 0.6) is 0 Å². The van der Waals surface area contributed by atoms with Gasteiger partial charge in [0.2, 0.25) is 0 Å². The quantitative estimate of drug-likeness (QED) is 0.584. The van der Waals surface area contributed by atoms with Gasteiger partial charge in [-0.05, 0) is 24.3 Å². The van der Waals surface area contributed by atoms with Crippen LogP contribution in [0, 0.1) is 0 Å². The zero-order valence-corrected chi connectivity index (χ0v) is 7.28. The average Bonchev–Trinajstić information content (AvgIpc) is 2.27. The Morgan fingerprint density at radius 1 is 1.27 bits per heavy atom. The summed E-state index contributed by atoms with van der Waals surface area (Å²) >= 11 is 9.97. The first-order valence-electron chi connectivity index (χ1n) is 3.23. The number of H-pyrrole nitrogens is 1. The standard InChI is InChI=1S/C8H6ClNS/c9-6-1-2-7-5(3-6)4-8(11)10-7/h1-4,10-11H. The summed E-state index contributed by atoms with van der Waals surface area (Å²) in [6.45, 7) is 0. The summed E-state index contributed by atoms with van der Waals surface area (Å²) in [5.41, 5.74) is 1.07.